The normalized spacial score (nSPS) is 11.1. The van der Waals surface area contributed by atoms with E-state index in [1.807, 2.05) is 6.07 Å². The molecule has 0 radical (unpaired) electrons. The monoisotopic (exact) mass is 419 g/mol. The molecule has 0 aliphatic heterocycles. The Balaban J connectivity index is 1.77. The number of azo groups is 1. The summed E-state index contributed by atoms with van der Waals surface area (Å²) in [6, 6.07) is 11.2. The van der Waals surface area contributed by atoms with Gasteiger partial charge in [-0.3, -0.25) is 10.1 Å². The van der Waals surface area contributed by atoms with Crippen LogP contribution in [0.5, 0.6) is 5.88 Å². The standard InChI is InChI=1S/C15H10BrN5O3S/c16-8-1-6-12-11(7-8)13(14(22)18-12)19-20-15(25)17-9-2-4-10(5-3-9)21(23)24/h1-7,18,22H,(H,17,25). The molecule has 2 aromatic carbocycles. The van der Waals surface area contributed by atoms with Gasteiger partial charge in [-0.1, -0.05) is 15.9 Å². The number of fused-ring (bicyclic) bond motifs is 1. The maximum atomic E-state index is 10.6. The van der Waals surface area contributed by atoms with Gasteiger partial charge in [-0.25, -0.2) is 0 Å². The van der Waals surface area contributed by atoms with Crippen LogP contribution < -0.4 is 5.32 Å². The van der Waals surface area contributed by atoms with Crippen LogP contribution in [0, 0.1) is 10.1 Å². The van der Waals surface area contributed by atoms with Gasteiger partial charge in [0, 0.05) is 27.7 Å². The highest BCUT2D eigenvalue weighted by Crippen LogP contribution is 2.36. The van der Waals surface area contributed by atoms with E-state index in [4.69, 9.17) is 12.2 Å². The number of anilines is 1. The van der Waals surface area contributed by atoms with Gasteiger partial charge in [0.2, 0.25) is 11.0 Å². The molecule has 8 nitrogen and oxygen atoms in total. The minimum absolute atomic E-state index is 0.0209. The molecule has 1 aromatic heterocycles. The summed E-state index contributed by atoms with van der Waals surface area (Å²) in [5.41, 5.74) is 1.50. The van der Waals surface area contributed by atoms with Gasteiger partial charge < -0.3 is 15.4 Å². The lowest BCUT2D eigenvalue weighted by molar-refractivity contribution is -0.384. The first-order chi connectivity index (χ1) is 11.9. The van der Waals surface area contributed by atoms with Crippen molar-refractivity contribution in [3.8, 4) is 5.88 Å². The highest BCUT2D eigenvalue weighted by atomic mass is 79.9. The Labute approximate surface area is 154 Å². The van der Waals surface area contributed by atoms with Crippen molar-refractivity contribution in [2.45, 2.75) is 0 Å². The van der Waals surface area contributed by atoms with Crippen molar-refractivity contribution in [3.05, 3.63) is 57.1 Å². The second kappa shape index (κ2) is 6.95. The van der Waals surface area contributed by atoms with E-state index in [2.05, 4.69) is 36.5 Å². The van der Waals surface area contributed by atoms with Crippen molar-refractivity contribution in [3.63, 3.8) is 0 Å². The van der Waals surface area contributed by atoms with Gasteiger partial charge in [0.05, 0.1) is 10.4 Å². The maximum Gasteiger partial charge on any atom is 0.269 e. The molecule has 126 valence electrons. The average Bonchev–Trinajstić information content (AvgIpc) is 2.88. The van der Waals surface area contributed by atoms with Crippen molar-refractivity contribution in [2.75, 3.05) is 5.32 Å². The summed E-state index contributed by atoms with van der Waals surface area (Å²) >= 11 is 8.44. The first kappa shape index (κ1) is 17.0. The molecular formula is C15H10BrN5O3S. The van der Waals surface area contributed by atoms with Crippen LogP contribution in [0.1, 0.15) is 0 Å². The number of aromatic amines is 1. The number of rotatable bonds is 3. The summed E-state index contributed by atoms with van der Waals surface area (Å²) in [6.07, 6.45) is 0. The van der Waals surface area contributed by atoms with Gasteiger partial charge in [-0.15, -0.1) is 10.2 Å². The number of aromatic nitrogens is 1. The van der Waals surface area contributed by atoms with E-state index in [1.54, 1.807) is 12.1 Å². The fourth-order valence-corrected chi connectivity index (χ4v) is 2.67. The predicted molar refractivity (Wildman–Crippen MR) is 101 cm³/mol. The SMILES string of the molecule is O=[N+]([O-])c1ccc(NC(=S)N=Nc2c(O)[nH]c3ccc(Br)cc23)cc1. The lowest BCUT2D eigenvalue weighted by atomic mass is 10.2. The summed E-state index contributed by atoms with van der Waals surface area (Å²) < 4.78 is 0.835. The van der Waals surface area contributed by atoms with Gasteiger partial charge in [0.15, 0.2) is 5.69 Å². The minimum atomic E-state index is -0.486. The Morgan fingerprint density at radius 3 is 2.68 bits per heavy atom. The molecular weight excluding hydrogens is 410 g/mol. The van der Waals surface area contributed by atoms with Crippen LogP contribution in [-0.2, 0) is 0 Å². The molecule has 10 heteroatoms. The van der Waals surface area contributed by atoms with Crippen LogP contribution in [0.3, 0.4) is 0 Å². The van der Waals surface area contributed by atoms with Crippen LogP contribution in [0.2, 0.25) is 0 Å². The predicted octanol–water partition coefficient (Wildman–Crippen LogP) is 5.02. The third-order valence-electron chi connectivity index (χ3n) is 3.28. The molecule has 3 aromatic rings. The lowest BCUT2D eigenvalue weighted by Crippen LogP contribution is -2.04. The molecule has 0 aliphatic rings. The number of halogens is 1. The second-order valence-electron chi connectivity index (χ2n) is 4.95. The molecule has 0 bridgehead atoms. The minimum Gasteiger partial charge on any atom is -0.493 e. The summed E-state index contributed by atoms with van der Waals surface area (Å²) in [5.74, 6) is -0.116. The fraction of sp³-hybridized carbons (Fsp3) is 0. The number of non-ortho nitro benzene ring substituents is 1. The summed E-state index contributed by atoms with van der Waals surface area (Å²) in [7, 11) is 0. The largest absolute Gasteiger partial charge is 0.493 e. The topological polar surface area (TPSA) is 116 Å². The number of nitro benzene ring substituents is 1. The lowest BCUT2D eigenvalue weighted by Gasteiger charge is -2.02. The van der Waals surface area contributed by atoms with Gasteiger partial charge >= 0.3 is 0 Å². The van der Waals surface area contributed by atoms with Gasteiger partial charge in [0.1, 0.15) is 0 Å². The first-order valence-corrected chi connectivity index (χ1v) is 8.11. The number of nitrogens with zero attached hydrogens (tertiary/aromatic N) is 3. The second-order valence-corrected chi connectivity index (χ2v) is 6.25. The van der Waals surface area contributed by atoms with E-state index in [1.165, 1.54) is 24.3 Å². The number of H-pyrrole nitrogens is 1. The van der Waals surface area contributed by atoms with E-state index in [0.717, 1.165) is 4.47 Å². The van der Waals surface area contributed by atoms with Crippen molar-refractivity contribution in [2.24, 2.45) is 10.2 Å². The molecule has 3 rings (SSSR count). The Morgan fingerprint density at radius 1 is 1.28 bits per heavy atom. The van der Waals surface area contributed by atoms with Gasteiger partial charge in [-0.2, -0.15) is 0 Å². The summed E-state index contributed by atoms with van der Waals surface area (Å²) in [5, 5.41) is 32.0. The average molecular weight is 420 g/mol. The Bertz CT molecular complexity index is 1000. The van der Waals surface area contributed by atoms with Crippen molar-refractivity contribution in [1.29, 1.82) is 0 Å². The van der Waals surface area contributed by atoms with Crippen LogP contribution >= 0.6 is 28.1 Å². The van der Waals surface area contributed by atoms with Crippen molar-refractivity contribution < 1.29 is 10.0 Å². The highest BCUT2D eigenvalue weighted by Gasteiger charge is 2.11. The number of thiocarbonyl (C=S) groups is 1. The number of aromatic hydroxyl groups is 1. The Morgan fingerprint density at radius 2 is 2.00 bits per heavy atom. The maximum absolute atomic E-state index is 10.6. The molecule has 0 fully saturated rings. The van der Waals surface area contributed by atoms with E-state index in [-0.39, 0.29) is 22.4 Å². The van der Waals surface area contributed by atoms with E-state index in [9.17, 15) is 15.2 Å². The van der Waals surface area contributed by atoms with Crippen LogP contribution in [0.15, 0.2) is 57.2 Å². The molecule has 0 atom stereocenters. The number of benzene rings is 2. The molecule has 0 unspecified atom stereocenters. The molecule has 0 spiro atoms. The third kappa shape index (κ3) is 3.80. The van der Waals surface area contributed by atoms with Crippen molar-refractivity contribution >= 4 is 61.2 Å². The van der Waals surface area contributed by atoms with Gasteiger partial charge in [0.25, 0.3) is 5.69 Å². The van der Waals surface area contributed by atoms with Crippen LogP contribution in [-0.4, -0.2) is 20.1 Å². The molecule has 25 heavy (non-hydrogen) atoms. The van der Waals surface area contributed by atoms with Gasteiger partial charge in [-0.05, 0) is 42.5 Å². The first-order valence-electron chi connectivity index (χ1n) is 6.91. The molecule has 0 saturated heterocycles. The number of nitrogens with one attached hydrogen (secondary N) is 2. The van der Waals surface area contributed by atoms with Crippen LogP contribution in [0.4, 0.5) is 17.1 Å². The zero-order valence-electron chi connectivity index (χ0n) is 12.4. The molecule has 0 aliphatic carbocycles. The number of hydrogen-bond acceptors (Lipinski definition) is 5. The Kier molecular flexibility index (Phi) is 4.72. The number of hydrogen-bond donors (Lipinski definition) is 3. The third-order valence-corrected chi connectivity index (χ3v) is 3.96. The Hall–Kier alpha value is -2.85. The molecule has 3 N–H and O–H groups in total. The molecule has 0 saturated carbocycles. The fourth-order valence-electron chi connectivity index (χ4n) is 2.15. The zero-order chi connectivity index (χ0) is 18.0. The summed E-state index contributed by atoms with van der Waals surface area (Å²) in [4.78, 5) is 12.9. The zero-order valence-corrected chi connectivity index (χ0v) is 14.8. The van der Waals surface area contributed by atoms with E-state index >= 15 is 0 Å². The quantitative estimate of drug-likeness (QED) is 0.238. The van der Waals surface area contributed by atoms with Crippen molar-refractivity contribution in [1.82, 2.24) is 4.98 Å². The highest BCUT2D eigenvalue weighted by molar-refractivity contribution is 9.10. The molecule has 1 heterocycles. The summed E-state index contributed by atoms with van der Waals surface area (Å²) in [6.45, 7) is 0. The molecule has 0 amide bonds. The smallest absolute Gasteiger partial charge is 0.269 e. The van der Waals surface area contributed by atoms with E-state index < -0.39 is 4.92 Å². The van der Waals surface area contributed by atoms with E-state index in [0.29, 0.717) is 16.6 Å². The number of nitro groups is 1. The van der Waals surface area contributed by atoms with Crippen LogP contribution in [0.25, 0.3) is 10.9 Å².